The summed E-state index contributed by atoms with van der Waals surface area (Å²) in [6.07, 6.45) is 6.54. The third-order valence-electron chi connectivity index (χ3n) is 3.17. The van der Waals surface area contributed by atoms with Gasteiger partial charge in [-0.2, -0.15) is 0 Å². The zero-order chi connectivity index (χ0) is 16.8. The van der Waals surface area contributed by atoms with Crippen LogP contribution in [0, 0.1) is 18.2 Å². The second-order valence-corrected chi connectivity index (χ2v) is 5.26. The number of rotatable bonds is 5. The Labute approximate surface area is 139 Å². The Hall–Kier alpha value is -2.58. The fourth-order valence-electron chi connectivity index (χ4n) is 2.00. The lowest BCUT2D eigenvalue weighted by Crippen LogP contribution is -2.23. The van der Waals surface area contributed by atoms with Crippen LogP contribution in [0.1, 0.15) is 28.9 Å². The number of aromatic nitrogens is 1. The minimum atomic E-state index is -0.383. The normalized spacial score (nSPS) is 11.4. The number of pyridine rings is 1. The minimum Gasteiger partial charge on any atom is -0.363 e. The molecule has 0 aliphatic carbocycles. The first-order valence-corrected chi connectivity index (χ1v) is 7.28. The van der Waals surface area contributed by atoms with E-state index in [-0.39, 0.29) is 24.3 Å². The summed E-state index contributed by atoms with van der Waals surface area (Å²) in [6.45, 7) is 2.05. The molecule has 0 saturated heterocycles. The summed E-state index contributed by atoms with van der Waals surface area (Å²) in [5, 5.41) is 6.05. The number of terminal acetylenes is 1. The first-order chi connectivity index (χ1) is 11.0. The summed E-state index contributed by atoms with van der Waals surface area (Å²) in [4.78, 5) is 15.9. The van der Waals surface area contributed by atoms with Crippen LogP contribution in [0.5, 0.6) is 0 Å². The van der Waals surface area contributed by atoms with E-state index < -0.39 is 0 Å². The van der Waals surface area contributed by atoms with E-state index in [9.17, 15) is 9.18 Å². The Kier molecular flexibility index (Phi) is 5.56. The molecule has 1 aromatic heterocycles. The highest BCUT2D eigenvalue weighted by Gasteiger charge is 2.11. The Morgan fingerprint density at radius 1 is 1.43 bits per heavy atom. The van der Waals surface area contributed by atoms with Gasteiger partial charge in [0.25, 0.3) is 5.91 Å². The summed E-state index contributed by atoms with van der Waals surface area (Å²) in [6, 6.07) is 7.39. The van der Waals surface area contributed by atoms with Crippen molar-refractivity contribution >= 4 is 23.3 Å². The first-order valence-electron chi connectivity index (χ1n) is 6.90. The molecule has 0 saturated carbocycles. The molecule has 6 heteroatoms. The number of amides is 1. The number of hydrogen-bond donors (Lipinski definition) is 2. The first kappa shape index (κ1) is 16.8. The molecule has 118 valence electrons. The van der Waals surface area contributed by atoms with Crippen LogP contribution in [-0.2, 0) is 0 Å². The van der Waals surface area contributed by atoms with Gasteiger partial charge >= 0.3 is 0 Å². The molecule has 0 fully saturated rings. The number of nitrogens with one attached hydrogen (secondary N) is 2. The molecule has 23 heavy (non-hydrogen) atoms. The predicted molar refractivity (Wildman–Crippen MR) is 88.9 cm³/mol. The molecule has 0 spiro atoms. The Balaban J connectivity index is 2.05. The summed E-state index contributed by atoms with van der Waals surface area (Å²) in [5.74, 6) is 2.24. The van der Waals surface area contributed by atoms with Crippen LogP contribution in [0.4, 0.5) is 10.2 Å². The van der Waals surface area contributed by atoms with Crippen LogP contribution in [0.2, 0.25) is 5.02 Å². The molecule has 1 atom stereocenters. The Bertz CT molecular complexity index is 740. The quantitative estimate of drug-likeness (QED) is 0.826. The van der Waals surface area contributed by atoms with Gasteiger partial charge in [0.1, 0.15) is 11.6 Å². The van der Waals surface area contributed by atoms with Gasteiger partial charge in [0.15, 0.2) is 0 Å². The van der Waals surface area contributed by atoms with Crippen LogP contribution in [0.3, 0.4) is 0 Å². The van der Waals surface area contributed by atoms with Gasteiger partial charge in [-0.15, -0.1) is 6.42 Å². The number of nitrogens with zero attached hydrogens (tertiary/aromatic N) is 1. The maximum Gasteiger partial charge on any atom is 0.253 e. The van der Waals surface area contributed by atoms with Crippen molar-refractivity contribution in [1.82, 2.24) is 10.3 Å². The SMILES string of the molecule is C#CCNC(=O)c1ccc(NC(C)c2ccc(F)cc2Cl)nc1. The highest BCUT2D eigenvalue weighted by atomic mass is 35.5. The summed E-state index contributed by atoms with van der Waals surface area (Å²) >= 11 is 6.04. The molecule has 1 unspecified atom stereocenters. The fourth-order valence-corrected chi connectivity index (χ4v) is 2.33. The molecule has 1 amide bonds. The summed E-state index contributed by atoms with van der Waals surface area (Å²) in [7, 11) is 0. The zero-order valence-corrected chi connectivity index (χ0v) is 13.2. The minimum absolute atomic E-state index is 0.166. The number of hydrogen-bond acceptors (Lipinski definition) is 3. The Morgan fingerprint density at radius 3 is 2.83 bits per heavy atom. The molecule has 0 bridgehead atoms. The number of carbonyl (C=O) groups is 1. The van der Waals surface area contributed by atoms with Crippen molar-refractivity contribution in [2.45, 2.75) is 13.0 Å². The molecule has 2 N–H and O–H groups in total. The largest absolute Gasteiger partial charge is 0.363 e. The highest BCUT2D eigenvalue weighted by molar-refractivity contribution is 6.31. The van der Waals surface area contributed by atoms with E-state index in [2.05, 4.69) is 21.5 Å². The molecule has 0 aliphatic rings. The zero-order valence-electron chi connectivity index (χ0n) is 12.4. The topological polar surface area (TPSA) is 54.0 Å². The van der Waals surface area contributed by atoms with Crippen molar-refractivity contribution in [3.05, 3.63) is 58.5 Å². The van der Waals surface area contributed by atoms with Gasteiger partial charge in [-0.05, 0) is 36.8 Å². The number of anilines is 1. The molecule has 1 aromatic carbocycles. The Morgan fingerprint density at radius 2 is 2.22 bits per heavy atom. The monoisotopic (exact) mass is 331 g/mol. The van der Waals surface area contributed by atoms with E-state index in [0.717, 1.165) is 5.56 Å². The van der Waals surface area contributed by atoms with Crippen molar-refractivity contribution in [1.29, 1.82) is 0 Å². The van der Waals surface area contributed by atoms with Gasteiger partial charge < -0.3 is 10.6 Å². The molecule has 2 aromatic rings. The van der Waals surface area contributed by atoms with Gasteiger partial charge in [0.05, 0.1) is 18.2 Å². The van der Waals surface area contributed by atoms with E-state index >= 15 is 0 Å². The molecule has 2 rings (SSSR count). The van der Waals surface area contributed by atoms with Crippen molar-refractivity contribution in [3.8, 4) is 12.3 Å². The van der Waals surface area contributed by atoms with E-state index in [1.54, 1.807) is 18.2 Å². The maximum atomic E-state index is 13.1. The molecule has 0 aliphatic heterocycles. The maximum absolute atomic E-state index is 13.1. The van der Waals surface area contributed by atoms with Crippen LogP contribution in [0.15, 0.2) is 36.5 Å². The third kappa shape index (κ3) is 4.44. The smallest absolute Gasteiger partial charge is 0.253 e. The third-order valence-corrected chi connectivity index (χ3v) is 3.50. The second kappa shape index (κ2) is 7.61. The number of benzene rings is 1. The van der Waals surface area contributed by atoms with Crippen LogP contribution < -0.4 is 10.6 Å². The predicted octanol–water partition coefficient (Wildman–Crippen LogP) is 3.41. The van der Waals surface area contributed by atoms with E-state index in [4.69, 9.17) is 18.0 Å². The number of halogens is 2. The van der Waals surface area contributed by atoms with E-state index in [1.165, 1.54) is 18.3 Å². The van der Waals surface area contributed by atoms with Crippen LogP contribution in [0.25, 0.3) is 0 Å². The van der Waals surface area contributed by atoms with Crippen molar-refractivity contribution in [2.24, 2.45) is 0 Å². The lowest BCUT2D eigenvalue weighted by Gasteiger charge is -2.16. The van der Waals surface area contributed by atoms with Gasteiger partial charge in [-0.25, -0.2) is 9.37 Å². The van der Waals surface area contributed by atoms with E-state index in [0.29, 0.717) is 16.4 Å². The highest BCUT2D eigenvalue weighted by Crippen LogP contribution is 2.26. The van der Waals surface area contributed by atoms with E-state index in [1.807, 2.05) is 6.92 Å². The molecule has 4 nitrogen and oxygen atoms in total. The summed E-state index contributed by atoms with van der Waals surface area (Å²) < 4.78 is 13.1. The number of carbonyl (C=O) groups excluding carboxylic acids is 1. The van der Waals surface area contributed by atoms with Gasteiger partial charge in [-0.3, -0.25) is 4.79 Å². The summed E-state index contributed by atoms with van der Waals surface area (Å²) in [5.41, 5.74) is 1.17. The standard InChI is InChI=1S/C17H15ClFN3O/c1-3-8-20-17(23)12-4-7-16(21-10-12)22-11(2)14-6-5-13(19)9-15(14)18/h1,4-7,9-11H,8H2,2H3,(H,20,23)(H,21,22). The van der Waals surface area contributed by atoms with Crippen LogP contribution in [-0.4, -0.2) is 17.4 Å². The lowest BCUT2D eigenvalue weighted by atomic mass is 10.1. The average Bonchev–Trinajstić information content (AvgIpc) is 2.53. The fraction of sp³-hybridized carbons (Fsp3) is 0.176. The van der Waals surface area contributed by atoms with Crippen molar-refractivity contribution < 1.29 is 9.18 Å². The van der Waals surface area contributed by atoms with Gasteiger partial charge in [-0.1, -0.05) is 23.6 Å². The molecular formula is C17H15ClFN3O. The van der Waals surface area contributed by atoms with Gasteiger partial charge in [0.2, 0.25) is 0 Å². The average molecular weight is 332 g/mol. The van der Waals surface area contributed by atoms with Crippen molar-refractivity contribution in [3.63, 3.8) is 0 Å². The second-order valence-electron chi connectivity index (χ2n) is 4.85. The molecular weight excluding hydrogens is 317 g/mol. The molecule has 0 radical (unpaired) electrons. The lowest BCUT2D eigenvalue weighted by molar-refractivity contribution is 0.0958. The van der Waals surface area contributed by atoms with Crippen molar-refractivity contribution in [2.75, 3.05) is 11.9 Å². The molecule has 1 heterocycles. The van der Waals surface area contributed by atoms with Crippen LogP contribution >= 0.6 is 11.6 Å². The van der Waals surface area contributed by atoms with Gasteiger partial charge in [0, 0.05) is 11.2 Å².